The van der Waals surface area contributed by atoms with Crippen molar-refractivity contribution in [3.8, 4) is 0 Å². The molecule has 1 rings (SSSR count). The van der Waals surface area contributed by atoms with Crippen molar-refractivity contribution in [2.24, 2.45) is 0 Å². The number of aromatic nitrogens is 1. The molecular weight excluding hydrogens is 206 g/mol. The van der Waals surface area contributed by atoms with Gasteiger partial charge >= 0.3 is 5.97 Å². The molecule has 0 saturated heterocycles. The number of rotatable bonds is 2. The third-order valence-electron chi connectivity index (χ3n) is 2.11. The van der Waals surface area contributed by atoms with Gasteiger partial charge in [0.05, 0.1) is 11.8 Å². The van der Waals surface area contributed by atoms with Crippen LogP contribution in [0.4, 0.5) is 0 Å². The Balaban J connectivity index is 3.52. The second-order valence-electron chi connectivity index (χ2n) is 3.12. The van der Waals surface area contributed by atoms with Gasteiger partial charge in [-0.05, 0) is 19.4 Å². The highest BCUT2D eigenvalue weighted by Gasteiger charge is 2.18. The highest BCUT2D eigenvalue weighted by molar-refractivity contribution is 7.89. The Morgan fingerprint density at radius 2 is 1.93 bits per heavy atom. The van der Waals surface area contributed by atoms with Crippen LogP contribution in [-0.4, -0.2) is 29.7 Å². The minimum absolute atomic E-state index is 0.0212. The lowest BCUT2D eigenvalue weighted by Crippen LogP contribution is -2.10. The smallest absolute Gasteiger partial charge is 0.337 e. The van der Waals surface area contributed by atoms with Gasteiger partial charge in [-0.3, -0.25) is 0 Å². The summed E-state index contributed by atoms with van der Waals surface area (Å²) in [5.41, 5.74) is 0.931. The fourth-order valence-electron chi connectivity index (χ4n) is 1.23. The van der Waals surface area contributed by atoms with Crippen molar-refractivity contribution < 1.29 is 18.3 Å². The molecule has 0 saturated carbocycles. The predicted molar refractivity (Wildman–Crippen MR) is 51.1 cm³/mol. The summed E-state index contributed by atoms with van der Waals surface area (Å²) < 4.78 is 23.4. The summed E-state index contributed by atoms with van der Waals surface area (Å²) >= 11 is 0. The van der Waals surface area contributed by atoms with Gasteiger partial charge in [0, 0.05) is 11.9 Å². The molecule has 0 amide bonds. The Kier molecular flexibility index (Phi) is 2.41. The maximum atomic E-state index is 11.2. The summed E-state index contributed by atoms with van der Waals surface area (Å²) in [5, 5.41) is 8.76. The summed E-state index contributed by atoms with van der Waals surface area (Å²) in [7, 11) is -3.42. The Labute approximate surface area is 82.0 Å². The lowest BCUT2D eigenvalue weighted by Gasteiger charge is -2.01. The quantitative estimate of drug-likeness (QED) is 0.787. The number of carbonyl (C=O) groups is 1. The largest absolute Gasteiger partial charge is 0.478 e. The molecule has 0 spiro atoms. The van der Waals surface area contributed by atoms with Crippen LogP contribution in [0.2, 0.25) is 0 Å². The van der Waals surface area contributed by atoms with E-state index >= 15 is 0 Å². The van der Waals surface area contributed by atoms with E-state index in [1.54, 1.807) is 13.8 Å². The van der Waals surface area contributed by atoms with Gasteiger partial charge in [-0.15, -0.1) is 0 Å². The van der Waals surface area contributed by atoms with Crippen molar-refractivity contribution in [3.05, 3.63) is 23.0 Å². The first-order chi connectivity index (χ1) is 6.25. The van der Waals surface area contributed by atoms with E-state index in [1.165, 1.54) is 0 Å². The van der Waals surface area contributed by atoms with E-state index in [2.05, 4.69) is 0 Å². The molecule has 5 nitrogen and oxygen atoms in total. The highest BCUT2D eigenvalue weighted by Crippen LogP contribution is 2.17. The van der Waals surface area contributed by atoms with Crippen LogP contribution >= 0.6 is 0 Å². The Hall–Kier alpha value is -1.30. The van der Waals surface area contributed by atoms with Gasteiger partial charge in [-0.2, -0.15) is 0 Å². The predicted octanol–water partition coefficient (Wildman–Crippen LogP) is 0.611. The maximum absolute atomic E-state index is 11.2. The number of nitrogens with zero attached hydrogens (tertiary/aromatic N) is 1. The fourth-order valence-corrected chi connectivity index (χ4v) is 2.16. The first-order valence-electron chi connectivity index (χ1n) is 3.87. The van der Waals surface area contributed by atoms with Crippen LogP contribution in [0.3, 0.4) is 0 Å². The van der Waals surface area contributed by atoms with Gasteiger partial charge in [0.15, 0.2) is 0 Å². The molecule has 0 fully saturated rings. The molecule has 14 heavy (non-hydrogen) atoms. The molecule has 1 heterocycles. The molecule has 0 bridgehead atoms. The van der Waals surface area contributed by atoms with Crippen LogP contribution in [0.1, 0.15) is 21.6 Å². The highest BCUT2D eigenvalue weighted by atomic mass is 32.2. The molecule has 0 radical (unpaired) electrons. The van der Waals surface area contributed by atoms with Gasteiger partial charge in [-0.1, -0.05) is 0 Å². The number of hydrogen-bond donors (Lipinski definition) is 1. The number of hydrogen-bond acceptors (Lipinski definition) is 3. The van der Waals surface area contributed by atoms with Crippen molar-refractivity contribution in [2.75, 3.05) is 6.26 Å². The average Bonchev–Trinajstić information content (AvgIpc) is 2.28. The van der Waals surface area contributed by atoms with Gasteiger partial charge in [0.1, 0.15) is 0 Å². The number of carboxylic acids is 1. The number of aromatic carboxylic acids is 1. The minimum atomic E-state index is -3.42. The molecule has 0 atom stereocenters. The Bertz CT molecular complexity index is 484. The van der Waals surface area contributed by atoms with Crippen LogP contribution < -0.4 is 0 Å². The summed E-state index contributed by atoms with van der Waals surface area (Å²) in [6.45, 7) is 3.16. The summed E-state index contributed by atoms with van der Waals surface area (Å²) in [6, 6.07) is 0. The van der Waals surface area contributed by atoms with Crippen LogP contribution in [-0.2, 0) is 10.0 Å². The molecule has 0 aromatic carbocycles. The lowest BCUT2D eigenvalue weighted by atomic mass is 10.2. The summed E-state index contributed by atoms with van der Waals surface area (Å²) in [6.07, 6.45) is 2.16. The molecule has 0 unspecified atom stereocenters. The average molecular weight is 217 g/mol. The van der Waals surface area contributed by atoms with E-state index in [0.717, 1.165) is 16.4 Å². The lowest BCUT2D eigenvalue weighted by molar-refractivity contribution is 0.0696. The van der Waals surface area contributed by atoms with Crippen molar-refractivity contribution in [1.82, 2.24) is 3.97 Å². The Morgan fingerprint density at radius 3 is 2.14 bits per heavy atom. The molecule has 1 aromatic heterocycles. The zero-order valence-electron chi connectivity index (χ0n) is 8.10. The third kappa shape index (κ3) is 1.65. The summed E-state index contributed by atoms with van der Waals surface area (Å²) in [4.78, 5) is 10.7. The molecule has 0 aliphatic carbocycles. The van der Waals surface area contributed by atoms with Crippen molar-refractivity contribution in [2.45, 2.75) is 13.8 Å². The Morgan fingerprint density at radius 1 is 1.43 bits per heavy atom. The second kappa shape index (κ2) is 3.13. The van der Waals surface area contributed by atoms with E-state index in [4.69, 9.17) is 5.11 Å². The molecule has 1 aromatic rings. The standard InChI is InChI=1S/C8H11NO4S/c1-5-6(2)9(14(3,12)13)4-7(5)8(10)11/h4H,1-3H3,(H,10,11). The van der Waals surface area contributed by atoms with Crippen molar-refractivity contribution >= 4 is 16.0 Å². The zero-order valence-corrected chi connectivity index (χ0v) is 8.92. The second-order valence-corrected chi connectivity index (χ2v) is 4.98. The van der Waals surface area contributed by atoms with Gasteiger partial charge < -0.3 is 5.11 Å². The fraction of sp³-hybridized carbons (Fsp3) is 0.375. The van der Waals surface area contributed by atoms with Crippen LogP contribution in [0.15, 0.2) is 6.20 Å². The molecule has 0 aliphatic rings. The minimum Gasteiger partial charge on any atom is -0.478 e. The van der Waals surface area contributed by atoms with Crippen molar-refractivity contribution in [1.29, 1.82) is 0 Å². The molecular formula is C8H11NO4S. The van der Waals surface area contributed by atoms with Gasteiger partial charge in [-0.25, -0.2) is 17.2 Å². The topological polar surface area (TPSA) is 76.4 Å². The van der Waals surface area contributed by atoms with Crippen molar-refractivity contribution in [3.63, 3.8) is 0 Å². The van der Waals surface area contributed by atoms with E-state index in [9.17, 15) is 13.2 Å². The van der Waals surface area contributed by atoms with Gasteiger partial charge in [0.25, 0.3) is 0 Å². The normalized spacial score (nSPS) is 11.6. The molecule has 6 heteroatoms. The first kappa shape index (κ1) is 10.8. The van der Waals surface area contributed by atoms with Crippen LogP contribution in [0.25, 0.3) is 0 Å². The third-order valence-corrected chi connectivity index (χ3v) is 3.21. The molecule has 1 N–H and O–H groups in total. The van der Waals surface area contributed by atoms with Crippen LogP contribution in [0, 0.1) is 13.8 Å². The molecule has 0 aliphatic heterocycles. The monoisotopic (exact) mass is 217 g/mol. The van der Waals surface area contributed by atoms with E-state index in [0.29, 0.717) is 11.3 Å². The number of carboxylic acid groups (broad SMARTS) is 1. The SMILES string of the molecule is Cc1c(C(=O)O)cn(S(C)(=O)=O)c1C. The van der Waals surface area contributed by atoms with E-state index in [-0.39, 0.29) is 5.56 Å². The zero-order chi connectivity index (χ0) is 11.1. The van der Waals surface area contributed by atoms with Crippen LogP contribution in [0.5, 0.6) is 0 Å². The first-order valence-corrected chi connectivity index (χ1v) is 5.72. The maximum Gasteiger partial charge on any atom is 0.337 e. The van der Waals surface area contributed by atoms with Gasteiger partial charge in [0.2, 0.25) is 10.0 Å². The van der Waals surface area contributed by atoms with E-state index in [1.807, 2.05) is 0 Å². The summed E-state index contributed by atoms with van der Waals surface area (Å²) in [5.74, 6) is -1.12. The molecule has 78 valence electrons. The van der Waals surface area contributed by atoms with E-state index < -0.39 is 16.0 Å².